The zero-order valence-corrected chi connectivity index (χ0v) is 13.3. The summed E-state index contributed by atoms with van der Waals surface area (Å²) in [5, 5.41) is 6.55. The number of carbonyl (C=O) groups excluding carboxylic acids is 2. The van der Waals surface area contributed by atoms with E-state index < -0.39 is 5.24 Å². The average molecular weight is 341 g/mol. The van der Waals surface area contributed by atoms with Crippen molar-refractivity contribution < 1.29 is 9.59 Å². The Hall–Kier alpha value is -2.73. The van der Waals surface area contributed by atoms with Gasteiger partial charge in [-0.1, -0.05) is 12.1 Å². The molecule has 24 heavy (non-hydrogen) atoms. The Balaban J connectivity index is 1.70. The highest BCUT2D eigenvalue weighted by Gasteiger charge is 2.30. The topological polar surface area (TPSA) is 76.4 Å². The Morgan fingerprint density at radius 2 is 1.92 bits per heavy atom. The van der Waals surface area contributed by atoms with E-state index in [1.54, 1.807) is 22.8 Å². The molecule has 1 aromatic carbocycles. The van der Waals surface area contributed by atoms with Gasteiger partial charge in [0.25, 0.3) is 5.24 Å². The summed E-state index contributed by atoms with van der Waals surface area (Å²) in [6.45, 7) is 0. The molecule has 1 aliphatic carbocycles. The predicted molar refractivity (Wildman–Crippen MR) is 90.0 cm³/mol. The van der Waals surface area contributed by atoms with Crippen molar-refractivity contribution in [3.05, 3.63) is 48.2 Å². The van der Waals surface area contributed by atoms with Gasteiger partial charge in [-0.3, -0.25) is 14.9 Å². The molecule has 1 saturated carbocycles. The molecule has 0 bridgehead atoms. The first-order valence-electron chi connectivity index (χ1n) is 7.58. The van der Waals surface area contributed by atoms with Gasteiger partial charge in [-0.25, -0.2) is 4.52 Å². The number of nitrogens with zero attached hydrogens (tertiary/aromatic N) is 3. The number of anilines is 1. The lowest BCUT2D eigenvalue weighted by Crippen LogP contribution is -2.14. The number of aromatic nitrogens is 3. The summed E-state index contributed by atoms with van der Waals surface area (Å²) in [6, 6.07) is 10.7. The second kappa shape index (κ2) is 5.72. The lowest BCUT2D eigenvalue weighted by Gasteiger charge is -2.03. The third kappa shape index (κ3) is 2.76. The molecule has 1 fully saturated rings. The molecule has 120 valence electrons. The van der Waals surface area contributed by atoms with Crippen molar-refractivity contribution in [3.8, 4) is 11.1 Å². The molecule has 2 heterocycles. The van der Waals surface area contributed by atoms with Gasteiger partial charge in [-0.2, -0.15) is 4.98 Å². The van der Waals surface area contributed by atoms with E-state index in [-0.39, 0.29) is 11.8 Å². The summed E-state index contributed by atoms with van der Waals surface area (Å²) in [7, 11) is 0. The molecule has 0 radical (unpaired) electrons. The summed E-state index contributed by atoms with van der Waals surface area (Å²) < 4.78 is 1.62. The maximum atomic E-state index is 11.9. The van der Waals surface area contributed by atoms with Crippen molar-refractivity contribution in [1.29, 1.82) is 0 Å². The molecule has 6 nitrogen and oxygen atoms in total. The van der Waals surface area contributed by atoms with Crippen molar-refractivity contribution in [3.63, 3.8) is 0 Å². The largest absolute Gasteiger partial charge is 0.293 e. The first kappa shape index (κ1) is 14.8. The molecule has 7 heteroatoms. The van der Waals surface area contributed by atoms with Crippen LogP contribution in [0.2, 0.25) is 0 Å². The van der Waals surface area contributed by atoms with Crippen LogP contribution in [0.1, 0.15) is 23.2 Å². The molecule has 1 aliphatic rings. The minimum absolute atomic E-state index is 0.0302. The fourth-order valence-corrected chi connectivity index (χ4v) is 2.65. The third-order valence-electron chi connectivity index (χ3n) is 3.97. The van der Waals surface area contributed by atoms with Crippen LogP contribution < -0.4 is 5.32 Å². The maximum Gasteiger partial charge on any atom is 0.252 e. The molecule has 1 N–H and O–H groups in total. The molecule has 0 aliphatic heterocycles. The number of halogens is 1. The van der Waals surface area contributed by atoms with Crippen LogP contribution in [0, 0.1) is 5.92 Å². The van der Waals surface area contributed by atoms with Crippen LogP contribution in [0.15, 0.2) is 42.6 Å². The van der Waals surface area contributed by atoms with E-state index in [1.807, 2.05) is 24.3 Å². The number of pyridine rings is 1. The van der Waals surface area contributed by atoms with Crippen LogP contribution >= 0.6 is 11.6 Å². The number of fused-ring (bicyclic) bond motifs is 1. The molecule has 4 rings (SSSR count). The molecule has 0 unspecified atom stereocenters. The van der Waals surface area contributed by atoms with Crippen LogP contribution in [-0.2, 0) is 4.79 Å². The van der Waals surface area contributed by atoms with Gasteiger partial charge in [0.1, 0.15) is 0 Å². The van der Waals surface area contributed by atoms with Crippen LogP contribution in [0.5, 0.6) is 0 Å². The highest BCUT2D eigenvalue weighted by Crippen LogP contribution is 2.30. The third-order valence-corrected chi connectivity index (χ3v) is 4.19. The standard InChI is InChI=1S/C17H13ClN4O2/c18-14(23)11-5-3-10(4-6-11)13-2-1-9-22-15(13)19-17(21-22)20-16(24)12-7-8-12/h1-6,9,12H,7-8H2,(H,20,21,24). The van der Waals surface area contributed by atoms with Gasteiger partial charge in [0, 0.05) is 23.2 Å². The Morgan fingerprint density at radius 1 is 1.17 bits per heavy atom. The first-order valence-corrected chi connectivity index (χ1v) is 7.96. The lowest BCUT2D eigenvalue weighted by molar-refractivity contribution is -0.117. The van der Waals surface area contributed by atoms with Crippen LogP contribution in [0.4, 0.5) is 5.95 Å². The second-order valence-electron chi connectivity index (χ2n) is 5.74. The van der Waals surface area contributed by atoms with Crippen LogP contribution in [0.3, 0.4) is 0 Å². The van der Waals surface area contributed by atoms with Gasteiger partial charge in [0.15, 0.2) is 5.65 Å². The summed E-state index contributed by atoms with van der Waals surface area (Å²) >= 11 is 5.47. The summed E-state index contributed by atoms with van der Waals surface area (Å²) in [6.07, 6.45) is 3.63. The zero-order valence-electron chi connectivity index (χ0n) is 12.6. The Kier molecular flexibility index (Phi) is 3.54. The van der Waals surface area contributed by atoms with E-state index in [2.05, 4.69) is 15.4 Å². The number of benzene rings is 1. The van der Waals surface area contributed by atoms with Crippen molar-refractivity contribution in [2.45, 2.75) is 12.8 Å². The van der Waals surface area contributed by atoms with Gasteiger partial charge < -0.3 is 0 Å². The van der Waals surface area contributed by atoms with Crippen molar-refractivity contribution in [2.75, 3.05) is 5.32 Å². The molecular weight excluding hydrogens is 328 g/mol. The summed E-state index contributed by atoms with van der Waals surface area (Å²) in [5.74, 6) is 0.362. The molecule has 3 aromatic rings. The first-order chi connectivity index (χ1) is 11.6. The molecule has 1 amide bonds. The van der Waals surface area contributed by atoms with E-state index in [0.29, 0.717) is 17.2 Å². The molecular formula is C17H13ClN4O2. The van der Waals surface area contributed by atoms with Gasteiger partial charge >= 0.3 is 0 Å². The van der Waals surface area contributed by atoms with Gasteiger partial charge in [0.05, 0.1) is 0 Å². The van der Waals surface area contributed by atoms with E-state index >= 15 is 0 Å². The second-order valence-corrected chi connectivity index (χ2v) is 6.08. The van der Waals surface area contributed by atoms with Crippen molar-refractivity contribution in [2.24, 2.45) is 5.92 Å². The Labute approximate surface area is 142 Å². The maximum absolute atomic E-state index is 11.9. The van der Waals surface area contributed by atoms with E-state index in [9.17, 15) is 9.59 Å². The molecule has 0 atom stereocenters. The SMILES string of the molecule is O=C(Cl)c1ccc(-c2cccn3nc(NC(=O)C4CC4)nc23)cc1. The van der Waals surface area contributed by atoms with Crippen molar-refractivity contribution in [1.82, 2.24) is 14.6 Å². The number of hydrogen-bond acceptors (Lipinski definition) is 4. The average Bonchev–Trinajstić information content (AvgIpc) is 3.35. The van der Waals surface area contributed by atoms with Gasteiger partial charge in [-0.05, 0) is 54.3 Å². The van der Waals surface area contributed by atoms with Gasteiger partial charge in [-0.15, -0.1) is 5.10 Å². The molecule has 0 saturated heterocycles. The fraction of sp³-hybridized carbons (Fsp3) is 0.176. The van der Waals surface area contributed by atoms with Crippen LogP contribution in [-0.4, -0.2) is 25.7 Å². The lowest BCUT2D eigenvalue weighted by atomic mass is 10.1. The quantitative estimate of drug-likeness (QED) is 0.740. The minimum atomic E-state index is -0.493. The summed E-state index contributed by atoms with van der Waals surface area (Å²) in [4.78, 5) is 27.5. The van der Waals surface area contributed by atoms with Crippen molar-refractivity contribution >= 4 is 34.3 Å². The fourth-order valence-electron chi connectivity index (χ4n) is 2.52. The van der Waals surface area contributed by atoms with Crippen LogP contribution in [0.25, 0.3) is 16.8 Å². The minimum Gasteiger partial charge on any atom is -0.293 e. The number of rotatable bonds is 4. The number of carbonyl (C=O) groups is 2. The Morgan fingerprint density at radius 3 is 2.58 bits per heavy atom. The highest BCUT2D eigenvalue weighted by molar-refractivity contribution is 6.67. The van der Waals surface area contributed by atoms with E-state index in [1.165, 1.54) is 0 Å². The number of hydrogen-bond donors (Lipinski definition) is 1. The number of amides is 1. The monoisotopic (exact) mass is 340 g/mol. The zero-order chi connectivity index (χ0) is 16.7. The smallest absolute Gasteiger partial charge is 0.252 e. The normalized spacial score (nSPS) is 13.9. The van der Waals surface area contributed by atoms with E-state index in [0.717, 1.165) is 24.0 Å². The molecule has 2 aromatic heterocycles. The predicted octanol–water partition coefficient (Wildman–Crippen LogP) is 3.12. The molecule has 0 spiro atoms. The Bertz CT molecular complexity index is 945. The van der Waals surface area contributed by atoms with Gasteiger partial charge in [0.2, 0.25) is 11.9 Å². The highest BCUT2D eigenvalue weighted by atomic mass is 35.5. The van der Waals surface area contributed by atoms with E-state index in [4.69, 9.17) is 11.6 Å². The summed E-state index contributed by atoms with van der Waals surface area (Å²) in [5.41, 5.74) is 2.81. The number of nitrogens with one attached hydrogen (secondary N) is 1.